The molecule has 1 aliphatic rings. The van der Waals surface area contributed by atoms with Gasteiger partial charge in [-0.25, -0.2) is 0 Å². The predicted octanol–water partition coefficient (Wildman–Crippen LogP) is 5.96. The van der Waals surface area contributed by atoms with Gasteiger partial charge in [-0.3, -0.25) is 4.79 Å². The molecule has 1 saturated carbocycles. The van der Waals surface area contributed by atoms with Gasteiger partial charge >= 0.3 is 5.97 Å². The van der Waals surface area contributed by atoms with Crippen LogP contribution < -0.4 is 5.38 Å². The summed E-state index contributed by atoms with van der Waals surface area (Å²) in [6.45, 7) is 8.29. The minimum Gasteiger partial charge on any atom is -0.474 e. The summed E-state index contributed by atoms with van der Waals surface area (Å²) < 4.78 is 11.3. The van der Waals surface area contributed by atoms with Crippen molar-refractivity contribution in [3.8, 4) is 0 Å². The summed E-state index contributed by atoms with van der Waals surface area (Å²) in [4.78, 5) is 11.5. The molecule has 1 aromatic heterocycles. The van der Waals surface area contributed by atoms with Crippen molar-refractivity contribution >= 4 is 19.4 Å². The lowest BCUT2D eigenvalue weighted by Crippen LogP contribution is -2.36. The third kappa shape index (κ3) is 7.00. The number of hydrogen-bond acceptors (Lipinski definition) is 3. The number of ether oxygens (including phenoxy) is 1. The molecule has 1 fully saturated rings. The molecule has 2 rings (SSSR count). The van der Waals surface area contributed by atoms with Crippen molar-refractivity contribution in [2.45, 2.75) is 96.9 Å². The maximum atomic E-state index is 11.5. The second-order valence-corrected chi connectivity index (χ2v) is 13.7. The van der Waals surface area contributed by atoms with Crippen molar-refractivity contribution in [1.29, 1.82) is 0 Å². The Bertz CT molecular complexity index is 523. The Labute approximate surface area is 154 Å². The van der Waals surface area contributed by atoms with Crippen molar-refractivity contribution < 1.29 is 13.9 Å². The van der Waals surface area contributed by atoms with Gasteiger partial charge in [0.05, 0.1) is 11.6 Å². The van der Waals surface area contributed by atoms with E-state index in [1.54, 1.807) is 6.26 Å². The highest BCUT2D eigenvalue weighted by molar-refractivity contribution is 6.87. The number of unbranched alkanes of at least 4 members (excludes halogenated alkanes) is 2. The minimum atomic E-state index is -1.47. The largest absolute Gasteiger partial charge is 0.474 e. The maximum absolute atomic E-state index is 11.5. The molecule has 4 heteroatoms. The average molecular weight is 365 g/mol. The SMILES string of the molecule is CC(=O)OC(CCCCCC1CCCCC1)c1coc([Si](C)(C)C)c1. The quantitative estimate of drug-likeness (QED) is 0.308. The van der Waals surface area contributed by atoms with Gasteiger partial charge in [-0.05, 0) is 24.8 Å². The number of hydrogen-bond donors (Lipinski definition) is 0. The van der Waals surface area contributed by atoms with Crippen LogP contribution in [0.25, 0.3) is 0 Å². The Morgan fingerprint density at radius 3 is 2.52 bits per heavy atom. The summed E-state index contributed by atoms with van der Waals surface area (Å²) in [6, 6.07) is 2.11. The molecule has 1 aliphatic carbocycles. The Morgan fingerprint density at radius 2 is 1.92 bits per heavy atom. The molecule has 0 aromatic carbocycles. The molecule has 0 aliphatic heterocycles. The molecule has 1 aromatic rings. The van der Waals surface area contributed by atoms with Gasteiger partial charge in [0.1, 0.15) is 14.2 Å². The summed E-state index contributed by atoms with van der Waals surface area (Å²) >= 11 is 0. The number of carbonyl (C=O) groups excluding carboxylic acids is 1. The summed E-state index contributed by atoms with van der Waals surface area (Å²) in [5.74, 6) is 0.758. The zero-order chi connectivity index (χ0) is 18.3. The van der Waals surface area contributed by atoms with E-state index < -0.39 is 8.07 Å². The van der Waals surface area contributed by atoms with E-state index in [1.807, 2.05) is 0 Å². The first-order chi connectivity index (χ1) is 11.9. The van der Waals surface area contributed by atoms with Crippen molar-refractivity contribution in [3.05, 3.63) is 17.9 Å². The molecule has 25 heavy (non-hydrogen) atoms. The molecule has 0 amide bonds. The van der Waals surface area contributed by atoms with E-state index in [1.165, 1.54) is 58.3 Å². The molecule has 0 N–H and O–H groups in total. The van der Waals surface area contributed by atoms with Gasteiger partial charge in [-0.2, -0.15) is 0 Å². The fraction of sp³-hybridized carbons (Fsp3) is 0.762. The van der Waals surface area contributed by atoms with Gasteiger partial charge in [0.25, 0.3) is 0 Å². The zero-order valence-corrected chi connectivity index (χ0v) is 17.6. The van der Waals surface area contributed by atoms with E-state index in [4.69, 9.17) is 9.15 Å². The lowest BCUT2D eigenvalue weighted by molar-refractivity contribution is -0.147. The van der Waals surface area contributed by atoms with Crippen LogP contribution >= 0.6 is 0 Å². The van der Waals surface area contributed by atoms with Crippen LogP contribution in [0.4, 0.5) is 0 Å². The fourth-order valence-electron chi connectivity index (χ4n) is 3.82. The molecule has 3 nitrogen and oxygen atoms in total. The van der Waals surface area contributed by atoms with Gasteiger partial charge in [0, 0.05) is 12.5 Å². The Hall–Kier alpha value is -1.03. The number of rotatable bonds is 9. The van der Waals surface area contributed by atoms with E-state index in [0.29, 0.717) is 0 Å². The van der Waals surface area contributed by atoms with Crippen LogP contribution in [0.1, 0.15) is 82.8 Å². The first-order valence-corrected chi connectivity index (χ1v) is 13.6. The van der Waals surface area contributed by atoms with E-state index >= 15 is 0 Å². The second-order valence-electron chi connectivity index (χ2n) is 8.73. The molecule has 0 saturated heterocycles. The van der Waals surface area contributed by atoms with Crippen molar-refractivity contribution in [1.82, 2.24) is 0 Å². The minimum absolute atomic E-state index is 0.152. The van der Waals surface area contributed by atoms with Crippen LogP contribution in [0, 0.1) is 5.92 Å². The highest BCUT2D eigenvalue weighted by Crippen LogP contribution is 2.29. The normalized spacial score (nSPS) is 17.4. The molecule has 1 heterocycles. The van der Waals surface area contributed by atoms with E-state index in [2.05, 4.69) is 25.7 Å². The summed E-state index contributed by atoms with van der Waals surface area (Å²) in [7, 11) is -1.47. The molecular weight excluding hydrogens is 328 g/mol. The van der Waals surface area contributed by atoms with Gasteiger partial charge in [0.2, 0.25) is 0 Å². The number of carbonyl (C=O) groups is 1. The molecule has 0 spiro atoms. The summed E-state index contributed by atoms with van der Waals surface area (Å²) in [6.07, 6.45) is 14.7. The lowest BCUT2D eigenvalue weighted by atomic mass is 9.85. The molecule has 1 atom stereocenters. The number of furan rings is 1. The highest BCUT2D eigenvalue weighted by atomic mass is 28.3. The van der Waals surface area contributed by atoms with Gasteiger partial charge in [0.15, 0.2) is 0 Å². The number of esters is 1. The molecule has 1 unspecified atom stereocenters. The molecule has 0 radical (unpaired) electrons. The van der Waals surface area contributed by atoms with Crippen molar-refractivity contribution in [3.63, 3.8) is 0 Å². The standard InChI is InChI=1S/C21H36O3Si/c1-17(22)24-20(19-15-21(23-16-19)25(2,3)4)14-10-6-9-13-18-11-7-5-8-12-18/h15-16,18,20H,5-14H2,1-4H3. The third-order valence-electron chi connectivity index (χ3n) is 5.34. The lowest BCUT2D eigenvalue weighted by Gasteiger charge is -2.21. The van der Waals surface area contributed by atoms with Crippen LogP contribution in [0.3, 0.4) is 0 Å². The van der Waals surface area contributed by atoms with E-state index in [9.17, 15) is 4.79 Å². The van der Waals surface area contributed by atoms with Crippen LogP contribution in [-0.4, -0.2) is 14.0 Å². The van der Waals surface area contributed by atoms with E-state index in [0.717, 1.165) is 29.7 Å². The summed E-state index contributed by atoms with van der Waals surface area (Å²) in [5, 5.41) is 1.08. The second kappa shape index (κ2) is 9.61. The topological polar surface area (TPSA) is 39.4 Å². The summed E-state index contributed by atoms with van der Waals surface area (Å²) in [5.41, 5.74) is 1.03. The first-order valence-electron chi connectivity index (χ1n) is 10.1. The molecule has 0 bridgehead atoms. The molecular formula is C21H36O3Si. The van der Waals surface area contributed by atoms with Gasteiger partial charge < -0.3 is 9.15 Å². The van der Waals surface area contributed by atoms with Crippen LogP contribution in [-0.2, 0) is 9.53 Å². The van der Waals surface area contributed by atoms with Crippen LogP contribution in [0.5, 0.6) is 0 Å². The van der Waals surface area contributed by atoms with Crippen molar-refractivity contribution in [2.75, 3.05) is 0 Å². The average Bonchev–Trinajstić information content (AvgIpc) is 3.04. The van der Waals surface area contributed by atoms with E-state index in [-0.39, 0.29) is 12.1 Å². The van der Waals surface area contributed by atoms with Crippen LogP contribution in [0.2, 0.25) is 19.6 Å². The van der Waals surface area contributed by atoms with Crippen LogP contribution in [0.15, 0.2) is 16.7 Å². The Morgan fingerprint density at radius 1 is 1.20 bits per heavy atom. The van der Waals surface area contributed by atoms with Gasteiger partial charge in [-0.15, -0.1) is 0 Å². The smallest absolute Gasteiger partial charge is 0.303 e. The maximum Gasteiger partial charge on any atom is 0.303 e. The highest BCUT2D eigenvalue weighted by Gasteiger charge is 2.24. The Balaban J connectivity index is 1.79. The first kappa shape index (κ1) is 20.3. The molecule has 142 valence electrons. The predicted molar refractivity (Wildman–Crippen MR) is 106 cm³/mol. The Kier molecular flexibility index (Phi) is 7.79. The van der Waals surface area contributed by atoms with Gasteiger partial charge in [-0.1, -0.05) is 71.0 Å². The third-order valence-corrected chi connectivity index (χ3v) is 7.08. The monoisotopic (exact) mass is 364 g/mol. The zero-order valence-electron chi connectivity index (χ0n) is 16.6. The fourth-order valence-corrected chi connectivity index (χ4v) is 4.83. The van der Waals surface area contributed by atoms with Crippen molar-refractivity contribution in [2.24, 2.45) is 5.92 Å².